The minimum atomic E-state index is -1.98. The Kier molecular flexibility index (Phi) is 9.10. The van der Waals surface area contributed by atoms with Gasteiger partial charge in [-0.05, 0) is 55.0 Å². The summed E-state index contributed by atoms with van der Waals surface area (Å²) >= 11 is 0. The van der Waals surface area contributed by atoms with Gasteiger partial charge in [-0.25, -0.2) is 23.4 Å². The first-order chi connectivity index (χ1) is 28.9. The molecule has 5 aliphatic rings. The molecule has 2 aromatic heterocycles. The number of hydrogen-bond acceptors (Lipinski definition) is 13. The fourth-order valence-electron chi connectivity index (χ4n) is 9.12. The van der Waals surface area contributed by atoms with Gasteiger partial charge in [0.1, 0.15) is 41.2 Å². The monoisotopic (exact) mass is 818 g/mol. The number of nitrogens with two attached hydrogens (primary N) is 1. The lowest BCUT2D eigenvalue weighted by molar-refractivity contribution is -0.160. The molecule has 10 rings (SSSR count). The lowest BCUT2D eigenvalue weighted by Gasteiger charge is -2.52. The van der Waals surface area contributed by atoms with Crippen molar-refractivity contribution in [3.8, 4) is 22.8 Å². The molecule has 3 atom stereocenters. The van der Waals surface area contributed by atoms with E-state index in [1.807, 2.05) is 47.4 Å². The molecule has 0 aliphatic carbocycles. The molecule has 1 unspecified atom stereocenters. The predicted octanol–water partition coefficient (Wildman–Crippen LogP) is 2.92. The predicted molar refractivity (Wildman–Crippen MR) is 212 cm³/mol. The summed E-state index contributed by atoms with van der Waals surface area (Å²) in [6.07, 6.45) is -0.331. The zero-order valence-electron chi connectivity index (χ0n) is 32.2. The number of alkyl halides is 1. The Hall–Kier alpha value is -6.37. The van der Waals surface area contributed by atoms with Crippen LogP contribution in [0.3, 0.4) is 0 Å². The molecule has 5 aliphatic heterocycles. The highest BCUT2D eigenvalue weighted by Gasteiger charge is 2.50. The van der Waals surface area contributed by atoms with Gasteiger partial charge in [0.05, 0.1) is 22.2 Å². The minimum absolute atomic E-state index is 0.00476. The summed E-state index contributed by atoms with van der Waals surface area (Å²) in [7, 11) is 0. The van der Waals surface area contributed by atoms with Gasteiger partial charge >= 0.3 is 0 Å². The average Bonchev–Trinajstić information content (AvgIpc) is 3.71. The van der Waals surface area contributed by atoms with E-state index in [-0.39, 0.29) is 66.0 Å². The molecule has 5 aromatic rings. The number of carbonyl (C=O) groups is 4. The molecule has 3 aromatic carbocycles. The SMILES string of the molecule is Nc1ncnc2c1c(-c1ccc(Oc3ccccc3)cc1)nn2[C@]1(O)CCN(C2CN(CC3CN(c4cc5c(cc4F)C(=O)N(C4CCC(=O)NC4=O)C5=O)C3)C2)C[C@H]1F. The van der Waals surface area contributed by atoms with E-state index in [0.717, 1.165) is 17.5 Å². The molecule has 0 bridgehead atoms. The number of imide groups is 2. The molecule has 4 saturated heterocycles. The second-order valence-electron chi connectivity index (χ2n) is 16.2. The Bertz CT molecular complexity index is 2560. The molecule has 7 heterocycles. The summed E-state index contributed by atoms with van der Waals surface area (Å²) in [5.74, 6) is -1.57. The number of aliphatic hydroxyl groups is 1. The Morgan fingerprint density at radius 1 is 0.917 bits per heavy atom. The van der Waals surface area contributed by atoms with E-state index in [9.17, 15) is 24.3 Å². The zero-order chi connectivity index (χ0) is 41.4. The van der Waals surface area contributed by atoms with Gasteiger partial charge in [0.15, 0.2) is 17.5 Å². The van der Waals surface area contributed by atoms with Crippen LogP contribution in [0.15, 0.2) is 73.1 Å². The molecular formula is C42H40F2N10O6. The van der Waals surface area contributed by atoms with Crippen LogP contribution >= 0.6 is 0 Å². The van der Waals surface area contributed by atoms with E-state index in [4.69, 9.17) is 15.6 Å². The summed E-state index contributed by atoms with van der Waals surface area (Å²) in [4.78, 5) is 65.9. The number of ether oxygens (including phenoxy) is 1. The van der Waals surface area contributed by atoms with Crippen LogP contribution in [0, 0.1) is 11.7 Å². The van der Waals surface area contributed by atoms with Crippen molar-refractivity contribution >= 4 is 46.2 Å². The third-order valence-electron chi connectivity index (χ3n) is 12.4. The Labute approximate surface area is 341 Å². The maximum Gasteiger partial charge on any atom is 0.262 e. The fourth-order valence-corrected chi connectivity index (χ4v) is 9.12. The van der Waals surface area contributed by atoms with E-state index in [0.29, 0.717) is 60.9 Å². The molecule has 0 saturated carbocycles. The number of nitrogen functional groups attached to an aromatic ring is 1. The first kappa shape index (κ1) is 37.9. The van der Waals surface area contributed by atoms with Crippen LogP contribution in [0.25, 0.3) is 22.3 Å². The number of para-hydroxylation sites is 1. The van der Waals surface area contributed by atoms with Crippen molar-refractivity contribution in [1.82, 2.24) is 39.8 Å². The second-order valence-corrected chi connectivity index (χ2v) is 16.2. The molecule has 4 amide bonds. The van der Waals surface area contributed by atoms with Crippen molar-refractivity contribution in [2.24, 2.45) is 5.92 Å². The summed E-state index contributed by atoms with van der Waals surface area (Å²) in [5.41, 5.74) is 5.82. The first-order valence-electron chi connectivity index (χ1n) is 19.9. The fraction of sp³-hybridized carbons (Fsp3) is 0.357. The zero-order valence-corrected chi connectivity index (χ0v) is 32.2. The molecule has 308 valence electrons. The quantitative estimate of drug-likeness (QED) is 0.184. The summed E-state index contributed by atoms with van der Waals surface area (Å²) < 4.78 is 38.8. The van der Waals surface area contributed by atoms with Crippen molar-refractivity contribution in [3.63, 3.8) is 0 Å². The number of nitrogens with zero attached hydrogens (tertiary/aromatic N) is 8. The largest absolute Gasteiger partial charge is 0.457 e. The number of hydrogen-bond donors (Lipinski definition) is 3. The van der Waals surface area contributed by atoms with Gasteiger partial charge in [-0.15, -0.1) is 0 Å². The van der Waals surface area contributed by atoms with Crippen LogP contribution < -0.4 is 20.7 Å². The van der Waals surface area contributed by atoms with Crippen LogP contribution in [-0.4, -0.2) is 127 Å². The molecule has 4 fully saturated rings. The standard InChI is InChI=1S/C42H40F2N10O6/c43-30-14-28-29(41(58)53(40(28)57)31-10-11-34(55)48-39(31)56)15-32(30)52-17-23(18-52)16-50-19-25(20-50)51-13-12-42(59,33(44)21-51)54-38-35(37(45)46-22-47-38)36(49-54)24-6-8-27(9-7-24)60-26-4-2-1-3-5-26/h1-9,14-15,22-23,25,31,33,59H,10-13,16-21H2,(H2,45,46,47)(H,48,55,56)/t31?,33-,42+/m1/s1. The van der Waals surface area contributed by atoms with Crippen LogP contribution in [-0.2, 0) is 15.3 Å². The molecule has 18 heteroatoms. The van der Waals surface area contributed by atoms with Gasteiger partial charge in [-0.2, -0.15) is 5.10 Å². The van der Waals surface area contributed by atoms with Crippen molar-refractivity contribution < 1.29 is 37.8 Å². The van der Waals surface area contributed by atoms with Crippen molar-refractivity contribution in [3.05, 3.63) is 90.0 Å². The topological polar surface area (TPSA) is 192 Å². The number of aromatic nitrogens is 4. The van der Waals surface area contributed by atoms with Crippen LogP contribution in [0.4, 0.5) is 20.3 Å². The highest BCUT2D eigenvalue weighted by molar-refractivity contribution is 6.23. The smallest absolute Gasteiger partial charge is 0.262 e. The maximum atomic E-state index is 16.3. The van der Waals surface area contributed by atoms with Crippen LogP contribution in [0.1, 0.15) is 40.0 Å². The van der Waals surface area contributed by atoms with Crippen molar-refractivity contribution in [2.45, 2.75) is 43.2 Å². The number of fused-ring (bicyclic) bond motifs is 2. The molecule has 16 nitrogen and oxygen atoms in total. The van der Waals surface area contributed by atoms with E-state index in [1.165, 1.54) is 17.1 Å². The first-order valence-corrected chi connectivity index (χ1v) is 19.9. The normalized spacial score (nSPS) is 24.1. The van der Waals surface area contributed by atoms with E-state index >= 15 is 8.78 Å². The Morgan fingerprint density at radius 3 is 2.35 bits per heavy atom. The number of carbonyl (C=O) groups excluding carboxylic acids is 4. The molecular weight excluding hydrogens is 779 g/mol. The number of amides is 4. The average molecular weight is 819 g/mol. The molecule has 0 radical (unpaired) electrons. The Balaban J connectivity index is 0.751. The van der Waals surface area contributed by atoms with Gasteiger partial charge in [0.2, 0.25) is 11.8 Å². The highest BCUT2D eigenvalue weighted by atomic mass is 19.1. The van der Waals surface area contributed by atoms with Gasteiger partial charge in [0, 0.05) is 76.2 Å². The maximum absolute atomic E-state index is 16.3. The summed E-state index contributed by atoms with van der Waals surface area (Å²) in [5, 5.41) is 19.2. The molecule has 0 spiro atoms. The van der Waals surface area contributed by atoms with Gasteiger partial charge in [0.25, 0.3) is 11.8 Å². The lowest BCUT2D eigenvalue weighted by atomic mass is 9.92. The number of halogens is 2. The third-order valence-corrected chi connectivity index (χ3v) is 12.4. The van der Waals surface area contributed by atoms with E-state index in [2.05, 4.69) is 25.1 Å². The molecule has 4 N–H and O–H groups in total. The highest BCUT2D eigenvalue weighted by Crippen LogP contribution is 2.40. The van der Waals surface area contributed by atoms with Gasteiger partial charge in [-0.3, -0.25) is 39.2 Å². The van der Waals surface area contributed by atoms with Crippen molar-refractivity contribution in [2.75, 3.05) is 56.4 Å². The minimum Gasteiger partial charge on any atom is -0.457 e. The second kappa shape index (κ2) is 14.4. The van der Waals surface area contributed by atoms with Gasteiger partial charge in [-0.1, -0.05) is 18.2 Å². The number of rotatable bonds is 9. The summed E-state index contributed by atoms with van der Waals surface area (Å²) in [6, 6.07) is 18.0. The van der Waals surface area contributed by atoms with Gasteiger partial charge < -0.3 is 20.5 Å². The number of likely N-dealkylation sites (tertiary alicyclic amines) is 2. The van der Waals surface area contributed by atoms with Crippen LogP contribution in [0.5, 0.6) is 11.5 Å². The number of nitrogens with one attached hydrogen (secondary N) is 1. The van der Waals surface area contributed by atoms with E-state index in [1.54, 1.807) is 12.1 Å². The van der Waals surface area contributed by atoms with Crippen molar-refractivity contribution in [1.29, 1.82) is 0 Å². The van der Waals surface area contributed by atoms with Crippen LogP contribution in [0.2, 0.25) is 0 Å². The Morgan fingerprint density at radius 2 is 1.63 bits per heavy atom. The third kappa shape index (κ3) is 6.33. The number of anilines is 2. The van der Waals surface area contributed by atoms with E-state index < -0.39 is 47.4 Å². The lowest BCUT2D eigenvalue weighted by Crippen LogP contribution is -2.66. The number of benzene rings is 3. The summed E-state index contributed by atoms with van der Waals surface area (Å²) in [6.45, 7) is 3.68. The number of piperidine rings is 2. The molecule has 60 heavy (non-hydrogen) atoms.